The van der Waals surface area contributed by atoms with Crippen LogP contribution in [-0.4, -0.2) is 84.7 Å². The molecule has 6 heterocycles. The number of nitrogens with one attached hydrogen (secondary N) is 1. The lowest BCUT2D eigenvalue weighted by Gasteiger charge is -2.42. The molecular weight excluding hydrogens is 432 g/mol. The Hall–Kier alpha value is -2.91. The molecule has 0 saturated carbocycles. The number of hydrogen-bond acceptors (Lipinski definition) is 8. The van der Waals surface area contributed by atoms with Gasteiger partial charge in [-0.2, -0.15) is 0 Å². The van der Waals surface area contributed by atoms with Crippen LogP contribution in [0.15, 0.2) is 18.3 Å². The zero-order valence-corrected chi connectivity index (χ0v) is 19.9. The molecule has 9 nitrogen and oxygen atoms in total. The van der Waals surface area contributed by atoms with Crippen molar-refractivity contribution in [3.05, 3.63) is 35.3 Å². The summed E-state index contributed by atoms with van der Waals surface area (Å²) in [5.74, 6) is 2.03. The van der Waals surface area contributed by atoms with Crippen molar-refractivity contribution in [2.45, 2.75) is 38.3 Å². The van der Waals surface area contributed by atoms with Gasteiger partial charge in [0, 0.05) is 62.3 Å². The molecule has 3 fully saturated rings. The summed E-state index contributed by atoms with van der Waals surface area (Å²) < 4.78 is 12.1. The van der Waals surface area contributed by atoms with Crippen molar-refractivity contribution in [3.8, 4) is 5.75 Å². The molecule has 4 aliphatic rings. The number of likely N-dealkylation sites (tertiary alicyclic amines) is 2. The molecule has 1 N–H and O–H groups in total. The van der Waals surface area contributed by atoms with E-state index in [9.17, 15) is 4.79 Å². The van der Waals surface area contributed by atoms with E-state index in [4.69, 9.17) is 19.4 Å². The quantitative estimate of drug-likeness (QED) is 0.691. The Labute approximate surface area is 200 Å². The van der Waals surface area contributed by atoms with Gasteiger partial charge in [-0.3, -0.25) is 14.7 Å². The second-order valence-corrected chi connectivity index (χ2v) is 9.78. The number of pyridine rings is 2. The molecule has 34 heavy (non-hydrogen) atoms. The maximum absolute atomic E-state index is 10.9. The predicted molar refractivity (Wildman–Crippen MR) is 129 cm³/mol. The van der Waals surface area contributed by atoms with Crippen LogP contribution < -0.4 is 15.0 Å². The lowest BCUT2D eigenvalue weighted by atomic mass is 10.0. The highest BCUT2D eigenvalue weighted by atomic mass is 16.5. The second-order valence-electron chi connectivity index (χ2n) is 9.78. The van der Waals surface area contributed by atoms with Crippen LogP contribution >= 0.6 is 0 Å². The Kier molecular flexibility index (Phi) is 5.53. The molecule has 3 saturated heterocycles. The minimum atomic E-state index is -0.150. The normalized spacial score (nSPS) is 25.0. The van der Waals surface area contributed by atoms with Crippen LogP contribution in [0.1, 0.15) is 42.3 Å². The molecule has 180 valence electrons. The first-order valence-corrected chi connectivity index (χ1v) is 12.3. The molecule has 4 aliphatic heterocycles. The maximum Gasteiger partial charge on any atom is 0.209 e. The molecule has 0 radical (unpaired) electrons. The van der Waals surface area contributed by atoms with Crippen molar-refractivity contribution in [2.75, 3.05) is 62.7 Å². The monoisotopic (exact) mass is 464 g/mol. The lowest BCUT2D eigenvalue weighted by molar-refractivity contribution is -0.124. The Morgan fingerprint density at radius 2 is 2.00 bits per heavy atom. The second kappa shape index (κ2) is 8.70. The van der Waals surface area contributed by atoms with Crippen LogP contribution in [0.3, 0.4) is 0 Å². The first-order valence-electron chi connectivity index (χ1n) is 12.3. The molecule has 0 spiro atoms. The largest absolute Gasteiger partial charge is 0.482 e. The van der Waals surface area contributed by atoms with Gasteiger partial charge in [0.1, 0.15) is 11.9 Å². The number of fused-ring (bicyclic) bond motifs is 2. The van der Waals surface area contributed by atoms with Crippen molar-refractivity contribution < 1.29 is 14.3 Å². The van der Waals surface area contributed by atoms with E-state index in [2.05, 4.69) is 34.2 Å². The topological polar surface area (TPSA) is 83.1 Å². The molecule has 0 aliphatic carbocycles. The molecule has 9 heteroatoms. The van der Waals surface area contributed by atoms with Crippen molar-refractivity contribution >= 4 is 23.6 Å². The van der Waals surface area contributed by atoms with Gasteiger partial charge in [0.05, 0.1) is 30.2 Å². The summed E-state index contributed by atoms with van der Waals surface area (Å²) in [5, 5.41) is 3.59. The van der Waals surface area contributed by atoms with Crippen LogP contribution in [-0.2, 0) is 9.53 Å². The lowest BCUT2D eigenvalue weighted by Crippen LogP contribution is -2.58. The maximum atomic E-state index is 10.9. The van der Waals surface area contributed by atoms with E-state index in [0.29, 0.717) is 12.0 Å². The summed E-state index contributed by atoms with van der Waals surface area (Å²) in [6, 6.07) is 4.71. The van der Waals surface area contributed by atoms with Crippen molar-refractivity contribution in [1.82, 2.24) is 19.8 Å². The standard InChI is InChI=1S/C25H32N6O3/c1-16-24-21(11-20(27-16)18-4-6-31(12-18)19-13-29(14-19)15-32)28-25-23(17(2)34-24)22(3-5-26-25)30-7-9-33-10-8-30/h3,5,11,15,17-19H,4,6-10,12-14H2,1-2H3,(H,26,28). The first kappa shape index (κ1) is 21.6. The molecule has 6 rings (SSSR count). The number of anilines is 3. The number of morpholine rings is 1. The van der Waals surface area contributed by atoms with Gasteiger partial charge in [-0.15, -0.1) is 0 Å². The number of aromatic nitrogens is 2. The van der Waals surface area contributed by atoms with Crippen molar-refractivity contribution in [3.63, 3.8) is 0 Å². The fraction of sp³-hybridized carbons (Fsp3) is 0.560. The smallest absolute Gasteiger partial charge is 0.209 e. The molecule has 2 aromatic heterocycles. The number of aryl methyl sites for hydroxylation is 1. The number of ether oxygens (including phenoxy) is 2. The number of carbonyl (C=O) groups excluding carboxylic acids is 1. The minimum absolute atomic E-state index is 0.150. The Balaban J connectivity index is 1.27. The summed E-state index contributed by atoms with van der Waals surface area (Å²) >= 11 is 0. The molecule has 0 bridgehead atoms. The third-order valence-corrected chi connectivity index (χ3v) is 7.63. The number of amides is 1. The van der Waals surface area contributed by atoms with E-state index in [1.54, 1.807) is 0 Å². The first-order chi connectivity index (χ1) is 16.6. The fourth-order valence-electron chi connectivity index (χ4n) is 5.71. The average molecular weight is 465 g/mol. The Morgan fingerprint density at radius 1 is 1.18 bits per heavy atom. The number of nitrogens with zero attached hydrogens (tertiary/aromatic N) is 5. The molecular formula is C25H32N6O3. The minimum Gasteiger partial charge on any atom is -0.482 e. The zero-order chi connectivity index (χ0) is 23.2. The van der Waals surface area contributed by atoms with Crippen LogP contribution in [0.5, 0.6) is 5.75 Å². The molecule has 2 aromatic rings. The van der Waals surface area contributed by atoms with Gasteiger partial charge in [-0.05, 0) is 38.9 Å². The van der Waals surface area contributed by atoms with Gasteiger partial charge >= 0.3 is 0 Å². The van der Waals surface area contributed by atoms with Gasteiger partial charge < -0.3 is 24.6 Å². The molecule has 2 atom stereocenters. The van der Waals surface area contributed by atoms with Gasteiger partial charge in [-0.25, -0.2) is 4.98 Å². The van der Waals surface area contributed by atoms with E-state index in [-0.39, 0.29) is 6.10 Å². The highest BCUT2D eigenvalue weighted by Gasteiger charge is 2.37. The number of rotatable bonds is 4. The summed E-state index contributed by atoms with van der Waals surface area (Å²) in [4.78, 5) is 27.3. The van der Waals surface area contributed by atoms with Crippen LogP contribution in [0, 0.1) is 6.92 Å². The highest BCUT2D eigenvalue weighted by Crippen LogP contribution is 2.44. The van der Waals surface area contributed by atoms with E-state index < -0.39 is 0 Å². The van der Waals surface area contributed by atoms with E-state index in [1.807, 2.05) is 18.0 Å². The van der Waals surface area contributed by atoms with Crippen molar-refractivity contribution in [1.29, 1.82) is 0 Å². The van der Waals surface area contributed by atoms with E-state index in [0.717, 1.165) is 105 Å². The van der Waals surface area contributed by atoms with Crippen molar-refractivity contribution in [2.24, 2.45) is 0 Å². The zero-order valence-electron chi connectivity index (χ0n) is 19.9. The molecule has 0 aromatic carbocycles. The van der Waals surface area contributed by atoms with Gasteiger partial charge in [-0.1, -0.05) is 0 Å². The summed E-state index contributed by atoms with van der Waals surface area (Å²) in [6.07, 6.45) is 3.75. The van der Waals surface area contributed by atoms with Gasteiger partial charge in [0.15, 0.2) is 5.75 Å². The van der Waals surface area contributed by atoms with Crippen LogP contribution in [0.4, 0.5) is 17.2 Å². The van der Waals surface area contributed by atoms with Gasteiger partial charge in [0.25, 0.3) is 0 Å². The molecule has 2 unspecified atom stereocenters. The van der Waals surface area contributed by atoms with Crippen LogP contribution in [0.2, 0.25) is 0 Å². The third-order valence-electron chi connectivity index (χ3n) is 7.63. The Bertz CT molecular complexity index is 1080. The molecule has 1 amide bonds. The van der Waals surface area contributed by atoms with E-state index >= 15 is 0 Å². The Morgan fingerprint density at radius 3 is 2.79 bits per heavy atom. The predicted octanol–water partition coefficient (Wildman–Crippen LogP) is 2.45. The van der Waals surface area contributed by atoms with E-state index in [1.165, 1.54) is 0 Å². The van der Waals surface area contributed by atoms with Gasteiger partial charge in [0.2, 0.25) is 6.41 Å². The van der Waals surface area contributed by atoms with Crippen LogP contribution in [0.25, 0.3) is 0 Å². The third kappa shape index (κ3) is 3.76. The average Bonchev–Trinajstić information content (AvgIpc) is 3.24. The SMILES string of the molecule is Cc1nc(C2CCN(C3CN(C=O)C3)C2)cc2c1OC(C)c1c(N3CCOCC3)ccnc1N2. The highest BCUT2D eigenvalue weighted by molar-refractivity contribution is 5.74. The summed E-state index contributed by atoms with van der Waals surface area (Å²) in [6.45, 7) is 11.0. The summed E-state index contributed by atoms with van der Waals surface area (Å²) in [7, 11) is 0. The number of carbonyl (C=O) groups is 1. The fourth-order valence-corrected chi connectivity index (χ4v) is 5.71. The summed E-state index contributed by atoms with van der Waals surface area (Å²) in [5.41, 5.74) is 5.18. The number of hydrogen-bond donors (Lipinski definition) is 1.